The Morgan fingerprint density at radius 2 is 2.00 bits per heavy atom. The van der Waals surface area contributed by atoms with Gasteiger partial charge >= 0.3 is 0 Å². The second-order valence-corrected chi connectivity index (χ2v) is 5.71. The van der Waals surface area contributed by atoms with Gasteiger partial charge in [0.15, 0.2) is 5.82 Å². The van der Waals surface area contributed by atoms with E-state index in [9.17, 15) is 5.11 Å². The lowest BCUT2D eigenvalue weighted by atomic mass is 10.1. The van der Waals surface area contributed by atoms with Gasteiger partial charge in [-0.2, -0.15) is 4.98 Å². The second kappa shape index (κ2) is 5.69. The minimum absolute atomic E-state index is 0.176. The number of phenolic OH excluding ortho intramolecular Hbond substituents is 1. The number of halogens is 1. The fraction of sp³-hybridized carbons (Fsp3) is 0.125. The predicted octanol–water partition coefficient (Wildman–Crippen LogP) is 4.10. The first kappa shape index (κ1) is 13.8. The lowest BCUT2D eigenvalue weighted by molar-refractivity contribution is 0.418. The number of aromatic nitrogens is 2. The van der Waals surface area contributed by atoms with Crippen molar-refractivity contribution in [1.82, 2.24) is 10.1 Å². The van der Waals surface area contributed by atoms with Gasteiger partial charge in [-0.05, 0) is 36.2 Å². The first-order chi connectivity index (χ1) is 10.1. The number of hydrogen-bond donors (Lipinski definition) is 1. The molecule has 5 heteroatoms. The van der Waals surface area contributed by atoms with Crippen LogP contribution in [0.1, 0.15) is 17.0 Å². The average molecular weight is 345 g/mol. The summed E-state index contributed by atoms with van der Waals surface area (Å²) < 4.78 is 6.27. The van der Waals surface area contributed by atoms with Crippen molar-refractivity contribution in [2.45, 2.75) is 13.3 Å². The molecule has 0 radical (unpaired) electrons. The Kier molecular flexibility index (Phi) is 3.75. The van der Waals surface area contributed by atoms with Crippen molar-refractivity contribution in [3.8, 4) is 17.2 Å². The van der Waals surface area contributed by atoms with E-state index in [1.165, 1.54) is 0 Å². The van der Waals surface area contributed by atoms with Crippen LogP contribution in [0.3, 0.4) is 0 Å². The van der Waals surface area contributed by atoms with Gasteiger partial charge in [0.2, 0.25) is 0 Å². The Morgan fingerprint density at radius 1 is 1.19 bits per heavy atom. The molecule has 0 aliphatic rings. The fourth-order valence-electron chi connectivity index (χ4n) is 2.10. The monoisotopic (exact) mass is 344 g/mol. The summed E-state index contributed by atoms with van der Waals surface area (Å²) in [5, 5.41) is 14.0. The molecule has 3 aromatic rings. The molecular formula is C16H13BrN2O2. The zero-order valence-corrected chi connectivity index (χ0v) is 13.0. The maximum absolute atomic E-state index is 10.1. The Labute approximate surface area is 130 Å². The van der Waals surface area contributed by atoms with Gasteiger partial charge in [0.25, 0.3) is 5.89 Å². The Morgan fingerprint density at radius 3 is 2.81 bits per heavy atom. The topological polar surface area (TPSA) is 59.2 Å². The molecule has 0 unspecified atom stereocenters. The van der Waals surface area contributed by atoms with Crippen molar-refractivity contribution in [3.05, 3.63) is 63.9 Å². The highest BCUT2D eigenvalue weighted by molar-refractivity contribution is 9.10. The minimum Gasteiger partial charge on any atom is -0.507 e. The third-order valence-electron chi connectivity index (χ3n) is 3.19. The lowest BCUT2D eigenvalue weighted by Gasteiger charge is -2.01. The summed E-state index contributed by atoms with van der Waals surface area (Å²) in [6.07, 6.45) is 0.579. The average Bonchev–Trinajstić information content (AvgIpc) is 2.90. The highest BCUT2D eigenvalue weighted by Crippen LogP contribution is 2.30. The number of para-hydroxylation sites is 1. The van der Waals surface area contributed by atoms with E-state index in [0.29, 0.717) is 23.7 Å². The molecule has 0 bridgehead atoms. The smallest absolute Gasteiger partial charge is 0.261 e. The van der Waals surface area contributed by atoms with Crippen LogP contribution in [0.25, 0.3) is 11.5 Å². The Hall–Kier alpha value is -2.14. The summed E-state index contributed by atoms with van der Waals surface area (Å²) in [6.45, 7) is 1.83. The van der Waals surface area contributed by atoms with Gasteiger partial charge in [-0.15, -0.1) is 0 Å². The number of benzene rings is 2. The van der Waals surface area contributed by atoms with Crippen LogP contribution in [0.5, 0.6) is 5.75 Å². The summed E-state index contributed by atoms with van der Waals surface area (Å²) in [5.74, 6) is 1.10. The van der Waals surface area contributed by atoms with Crippen LogP contribution in [-0.4, -0.2) is 15.2 Å². The van der Waals surface area contributed by atoms with E-state index in [1.807, 2.05) is 43.3 Å². The largest absolute Gasteiger partial charge is 0.507 e. The minimum atomic E-state index is 0.176. The van der Waals surface area contributed by atoms with E-state index in [4.69, 9.17) is 4.52 Å². The molecule has 0 amide bonds. The molecule has 0 fully saturated rings. The third kappa shape index (κ3) is 2.97. The van der Waals surface area contributed by atoms with Gasteiger partial charge in [-0.25, -0.2) is 0 Å². The van der Waals surface area contributed by atoms with Crippen molar-refractivity contribution >= 4 is 15.9 Å². The third-order valence-corrected chi connectivity index (χ3v) is 3.68. The number of phenols is 1. The maximum Gasteiger partial charge on any atom is 0.261 e. The van der Waals surface area contributed by atoms with Crippen LogP contribution in [0.4, 0.5) is 0 Å². The van der Waals surface area contributed by atoms with Crippen molar-refractivity contribution in [3.63, 3.8) is 0 Å². The highest BCUT2D eigenvalue weighted by atomic mass is 79.9. The standard InChI is InChI=1S/C16H13BrN2O2/c1-10-4-2-7-13(15(10)20)16-18-14(19-21-16)9-11-5-3-6-12(17)8-11/h2-8,20H,9H2,1H3. The highest BCUT2D eigenvalue weighted by Gasteiger charge is 2.14. The summed E-state index contributed by atoms with van der Waals surface area (Å²) in [6, 6.07) is 13.4. The van der Waals surface area contributed by atoms with Crippen molar-refractivity contribution in [2.24, 2.45) is 0 Å². The van der Waals surface area contributed by atoms with E-state index in [1.54, 1.807) is 6.07 Å². The molecule has 0 aliphatic carbocycles. The molecule has 21 heavy (non-hydrogen) atoms. The molecule has 1 heterocycles. The summed E-state index contributed by atoms with van der Waals surface area (Å²) in [5.41, 5.74) is 2.42. The van der Waals surface area contributed by atoms with Gasteiger partial charge in [0.1, 0.15) is 5.75 Å². The van der Waals surface area contributed by atoms with Crippen LogP contribution >= 0.6 is 15.9 Å². The predicted molar refractivity (Wildman–Crippen MR) is 83.1 cm³/mol. The zero-order valence-electron chi connectivity index (χ0n) is 11.4. The van der Waals surface area contributed by atoms with E-state index in [2.05, 4.69) is 26.1 Å². The Bertz CT molecular complexity index is 783. The van der Waals surface area contributed by atoms with Gasteiger partial charge in [-0.3, -0.25) is 0 Å². The van der Waals surface area contributed by atoms with Crippen LogP contribution in [-0.2, 0) is 6.42 Å². The second-order valence-electron chi connectivity index (χ2n) is 4.79. The quantitative estimate of drug-likeness (QED) is 0.776. The number of aromatic hydroxyl groups is 1. The molecule has 4 nitrogen and oxygen atoms in total. The Balaban J connectivity index is 1.88. The first-order valence-corrected chi connectivity index (χ1v) is 7.29. The molecule has 0 atom stereocenters. The van der Waals surface area contributed by atoms with Gasteiger partial charge in [0.05, 0.1) is 5.56 Å². The van der Waals surface area contributed by atoms with Gasteiger partial charge in [-0.1, -0.05) is 45.4 Å². The summed E-state index contributed by atoms with van der Waals surface area (Å²) in [7, 11) is 0. The first-order valence-electron chi connectivity index (χ1n) is 6.49. The van der Waals surface area contributed by atoms with Crippen LogP contribution in [0, 0.1) is 6.92 Å². The summed E-state index contributed by atoms with van der Waals surface area (Å²) >= 11 is 3.44. The van der Waals surface area contributed by atoms with E-state index in [-0.39, 0.29) is 5.75 Å². The number of rotatable bonds is 3. The molecule has 0 aliphatic heterocycles. The van der Waals surface area contributed by atoms with Gasteiger partial charge < -0.3 is 9.63 Å². The van der Waals surface area contributed by atoms with Crippen LogP contribution in [0.2, 0.25) is 0 Å². The summed E-state index contributed by atoms with van der Waals surface area (Å²) in [4.78, 5) is 4.35. The zero-order chi connectivity index (χ0) is 14.8. The van der Waals surface area contributed by atoms with E-state index < -0.39 is 0 Å². The fourth-order valence-corrected chi connectivity index (χ4v) is 2.54. The molecule has 2 aromatic carbocycles. The van der Waals surface area contributed by atoms with E-state index in [0.717, 1.165) is 15.6 Å². The number of aryl methyl sites for hydroxylation is 1. The van der Waals surface area contributed by atoms with Crippen LogP contribution in [0.15, 0.2) is 51.5 Å². The molecule has 0 saturated carbocycles. The van der Waals surface area contributed by atoms with Gasteiger partial charge in [0, 0.05) is 10.9 Å². The van der Waals surface area contributed by atoms with E-state index >= 15 is 0 Å². The van der Waals surface area contributed by atoms with Crippen molar-refractivity contribution in [1.29, 1.82) is 0 Å². The molecule has 1 aromatic heterocycles. The molecule has 0 spiro atoms. The van der Waals surface area contributed by atoms with Crippen molar-refractivity contribution in [2.75, 3.05) is 0 Å². The SMILES string of the molecule is Cc1cccc(-c2nc(Cc3cccc(Br)c3)no2)c1O. The normalized spacial score (nSPS) is 10.8. The molecule has 3 rings (SSSR count). The molecule has 0 saturated heterocycles. The number of nitrogens with zero attached hydrogens (tertiary/aromatic N) is 2. The molecule has 106 valence electrons. The maximum atomic E-state index is 10.1. The number of hydrogen-bond acceptors (Lipinski definition) is 4. The molecule has 1 N–H and O–H groups in total. The van der Waals surface area contributed by atoms with Crippen LogP contribution < -0.4 is 0 Å². The molecular weight excluding hydrogens is 332 g/mol. The van der Waals surface area contributed by atoms with Crippen molar-refractivity contribution < 1.29 is 9.63 Å². The lowest BCUT2D eigenvalue weighted by Crippen LogP contribution is -1.90.